The molecule has 3 aromatic rings. The predicted molar refractivity (Wildman–Crippen MR) is 139 cm³/mol. The van der Waals surface area contributed by atoms with E-state index in [0.717, 1.165) is 24.4 Å². The Labute approximate surface area is 216 Å². The molecule has 0 aromatic heterocycles. The molecule has 3 rings (SSSR count). The van der Waals surface area contributed by atoms with Crippen molar-refractivity contribution in [3.8, 4) is 5.75 Å². The number of amides is 1. The third kappa shape index (κ3) is 6.99. The SMILES string of the molecule is COc1ccc(Br)cc1/C=N\NC(=O)CN(Cc1ccc(C)cc1)S(=O)(=O)c1ccc(Br)cc1. The molecule has 0 unspecified atom stereocenters. The van der Waals surface area contributed by atoms with Crippen LogP contribution in [0.15, 0.2) is 85.7 Å². The summed E-state index contributed by atoms with van der Waals surface area (Å²) in [5, 5.41) is 3.98. The second kappa shape index (κ2) is 11.7. The summed E-state index contributed by atoms with van der Waals surface area (Å²) in [6.45, 7) is 1.58. The first-order valence-electron chi connectivity index (χ1n) is 10.2. The monoisotopic (exact) mass is 607 g/mol. The van der Waals surface area contributed by atoms with Crippen LogP contribution >= 0.6 is 31.9 Å². The van der Waals surface area contributed by atoms with Crippen LogP contribution in [0.5, 0.6) is 5.75 Å². The first kappa shape index (κ1) is 26.1. The number of methoxy groups -OCH3 is 1. The second-order valence-corrected chi connectivity index (χ2v) is 11.2. The maximum absolute atomic E-state index is 13.3. The standard InChI is InChI=1S/C24H23Br2N3O4S/c1-17-3-5-18(6-4-17)15-29(34(31,32)22-10-7-20(25)8-11-22)16-24(30)28-27-14-19-13-21(26)9-12-23(19)33-2/h3-14H,15-16H2,1-2H3,(H,28,30)/b27-14-. The zero-order chi connectivity index (χ0) is 24.7. The normalized spacial score (nSPS) is 11.7. The number of hydrazone groups is 1. The Kier molecular flexibility index (Phi) is 9.01. The van der Waals surface area contributed by atoms with Crippen molar-refractivity contribution >= 4 is 54.0 Å². The van der Waals surface area contributed by atoms with E-state index >= 15 is 0 Å². The largest absolute Gasteiger partial charge is 0.496 e. The molecule has 0 aliphatic heterocycles. The van der Waals surface area contributed by atoms with Gasteiger partial charge in [0, 0.05) is 21.1 Å². The third-order valence-electron chi connectivity index (χ3n) is 4.84. The summed E-state index contributed by atoms with van der Waals surface area (Å²) < 4.78 is 34.7. The zero-order valence-electron chi connectivity index (χ0n) is 18.5. The minimum absolute atomic E-state index is 0.0370. The van der Waals surface area contributed by atoms with Crippen LogP contribution in [0.1, 0.15) is 16.7 Å². The summed E-state index contributed by atoms with van der Waals surface area (Å²) in [5.41, 5.74) is 4.88. The molecule has 1 amide bonds. The Balaban J connectivity index is 1.80. The van der Waals surface area contributed by atoms with E-state index in [1.54, 1.807) is 24.3 Å². The number of sulfonamides is 1. The molecule has 0 aliphatic carbocycles. The molecule has 0 saturated carbocycles. The van der Waals surface area contributed by atoms with Gasteiger partial charge in [0.1, 0.15) is 5.75 Å². The highest BCUT2D eigenvalue weighted by Crippen LogP contribution is 2.22. The molecular formula is C24H23Br2N3O4S. The van der Waals surface area contributed by atoms with Crippen molar-refractivity contribution in [3.63, 3.8) is 0 Å². The number of ether oxygens (including phenoxy) is 1. The van der Waals surface area contributed by atoms with Crippen LogP contribution in [-0.2, 0) is 21.4 Å². The predicted octanol–water partition coefficient (Wildman–Crippen LogP) is 4.87. The van der Waals surface area contributed by atoms with Gasteiger partial charge in [-0.25, -0.2) is 13.8 Å². The van der Waals surface area contributed by atoms with Gasteiger partial charge >= 0.3 is 0 Å². The maximum atomic E-state index is 13.3. The van der Waals surface area contributed by atoms with Crippen molar-refractivity contribution in [3.05, 3.63) is 92.4 Å². The molecule has 178 valence electrons. The molecule has 3 aromatic carbocycles. The van der Waals surface area contributed by atoms with Crippen molar-refractivity contribution in [2.75, 3.05) is 13.7 Å². The zero-order valence-corrected chi connectivity index (χ0v) is 22.5. The highest BCUT2D eigenvalue weighted by molar-refractivity contribution is 9.10. The van der Waals surface area contributed by atoms with Crippen LogP contribution in [0.25, 0.3) is 0 Å². The van der Waals surface area contributed by atoms with Crippen LogP contribution in [-0.4, -0.2) is 38.5 Å². The van der Waals surface area contributed by atoms with Gasteiger partial charge in [-0.05, 0) is 55.0 Å². The average Bonchev–Trinajstić information content (AvgIpc) is 2.80. The number of benzene rings is 3. The molecule has 7 nitrogen and oxygen atoms in total. The number of nitrogens with one attached hydrogen (secondary N) is 1. The number of hydrogen-bond acceptors (Lipinski definition) is 5. The third-order valence-corrected chi connectivity index (χ3v) is 7.66. The highest BCUT2D eigenvalue weighted by Gasteiger charge is 2.27. The number of carbonyl (C=O) groups is 1. The van der Waals surface area contributed by atoms with Crippen molar-refractivity contribution < 1.29 is 17.9 Å². The van der Waals surface area contributed by atoms with Crippen LogP contribution in [0.4, 0.5) is 0 Å². The lowest BCUT2D eigenvalue weighted by molar-refractivity contribution is -0.121. The highest BCUT2D eigenvalue weighted by atomic mass is 79.9. The smallest absolute Gasteiger partial charge is 0.255 e. The summed E-state index contributed by atoms with van der Waals surface area (Å²) in [6, 6.07) is 19.1. The number of halogens is 2. The second-order valence-electron chi connectivity index (χ2n) is 7.39. The van der Waals surface area contributed by atoms with Gasteiger partial charge in [-0.15, -0.1) is 0 Å². The molecule has 0 atom stereocenters. The summed E-state index contributed by atoms with van der Waals surface area (Å²) in [4.78, 5) is 12.8. The lowest BCUT2D eigenvalue weighted by Crippen LogP contribution is -2.39. The maximum Gasteiger partial charge on any atom is 0.255 e. The fourth-order valence-corrected chi connectivity index (χ4v) is 5.08. The van der Waals surface area contributed by atoms with Gasteiger partial charge in [-0.2, -0.15) is 9.41 Å². The van der Waals surface area contributed by atoms with Crippen molar-refractivity contribution in [2.24, 2.45) is 5.10 Å². The van der Waals surface area contributed by atoms with E-state index < -0.39 is 22.5 Å². The Morgan fingerprint density at radius 1 is 1.03 bits per heavy atom. The summed E-state index contributed by atoms with van der Waals surface area (Å²) in [5.74, 6) is 0.0121. The molecule has 0 radical (unpaired) electrons. The number of carbonyl (C=O) groups excluding carboxylic acids is 1. The fourth-order valence-electron chi connectivity index (χ4n) is 3.05. The lowest BCUT2D eigenvalue weighted by Gasteiger charge is -2.21. The van der Waals surface area contributed by atoms with Crippen LogP contribution in [0, 0.1) is 6.92 Å². The van der Waals surface area contributed by atoms with Crippen LogP contribution in [0.3, 0.4) is 0 Å². The Bertz CT molecular complexity index is 1280. The van der Waals surface area contributed by atoms with E-state index in [1.165, 1.54) is 25.5 Å². The first-order valence-corrected chi connectivity index (χ1v) is 13.2. The molecule has 0 fully saturated rings. The van der Waals surface area contributed by atoms with E-state index in [-0.39, 0.29) is 11.4 Å². The Morgan fingerprint density at radius 2 is 1.68 bits per heavy atom. The number of aryl methyl sites for hydroxylation is 1. The molecule has 0 aliphatic rings. The molecular weight excluding hydrogens is 586 g/mol. The fraction of sp³-hybridized carbons (Fsp3) is 0.167. The van der Waals surface area contributed by atoms with Crippen molar-refractivity contribution in [1.29, 1.82) is 0 Å². The van der Waals surface area contributed by atoms with Gasteiger partial charge in [0.05, 0.1) is 24.8 Å². The first-order chi connectivity index (χ1) is 16.2. The van der Waals surface area contributed by atoms with E-state index in [4.69, 9.17) is 4.74 Å². The number of nitrogens with zero attached hydrogens (tertiary/aromatic N) is 2. The minimum atomic E-state index is -3.94. The van der Waals surface area contributed by atoms with Gasteiger partial charge in [-0.1, -0.05) is 61.7 Å². The topological polar surface area (TPSA) is 88.1 Å². The molecule has 0 heterocycles. The van der Waals surface area contributed by atoms with Crippen molar-refractivity contribution in [2.45, 2.75) is 18.4 Å². The van der Waals surface area contributed by atoms with E-state index in [1.807, 2.05) is 37.3 Å². The van der Waals surface area contributed by atoms with Crippen LogP contribution in [0.2, 0.25) is 0 Å². The van der Waals surface area contributed by atoms with Gasteiger partial charge < -0.3 is 4.74 Å². The Morgan fingerprint density at radius 3 is 2.32 bits per heavy atom. The number of rotatable bonds is 9. The van der Waals surface area contributed by atoms with E-state index in [9.17, 15) is 13.2 Å². The molecule has 0 spiro atoms. The molecule has 34 heavy (non-hydrogen) atoms. The average molecular weight is 609 g/mol. The van der Waals surface area contributed by atoms with Gasteiger partial charge in [0.15, 0.2) is 0 Å². The molecule has 10 heteroatoms. The molecule has 0 saturated heterocycles. The van der Waals surface area contributed by atoms with Gasteiger partial charge in [0.2, 0.25) is 10.0 Å². The van der Waals surface area contributed by atoms with Gasteiger partial charge in [-0.3, -0.25) is 4.79 Å². The summed E-state index contributed by atoms with van der Waals surface area (Å²) in [6.07, 6.45) is 1.44. The summed E-state index contributed by atoms with van der Waals surface area (Å²) in [7, 11) is -2.40. The molecule has 1 N–H and O–H groups in total. The quantitative estimate of drug-likeness (QED) is 0.277. The van der Waals surface area contributed by atoms with E-state index in [2.05, 4.69) is 42.4 Å². The van der Waals surface area contributed by atoms with Crippen LogP contribution < -0.4 is 10.2 Å². The summed E-state index contributed by atoms with van der Waals surface area (Å²) >= 11 is 6.69. The number of hydrogen-bond donors (Lipinski definition) is 1. The van der Waals surface area contributed by atoms with Gasteiger partial charge in [0.25, 0.3) is 5.91 Å². The van der Waals surface area contributed by atoms with E-state index in [0.29, 0.717) is 11.3 Å². The minimum Gasteiger partial charge on any atom is -0.496 e. The Hall–Kier alpha value is -2.53. The molecule has 0 bridgehead atoms. The lowest BCUT2D eigenvalue weighted by atomic mass is 10.1. The van der Waals surface area contributed by atoms with Crippen molar-refractivity contribution in [1.82, 2.24) is 9.73 Å².